The maximum Gasteiger partial charge on any atom is 0.323 e. The highest BCUT2D eigenvalue weighted by molar-refractivity contribution is 6.06. The highest BCUT2D eigenvalue weighted by Crippen LogP contribution is 2.32. The number of carbonyl (C=O) groups excluding carboxylic acids is 1. The van der Waals surface area contributed by atoms with Crippen molar-refractivity contribution in [1.82, 2.24) is 15.0 Å². The first-order valence-electron chi connectivity index (χ1n) is 12.2. The van der Waals surface area contributed by atoms with Gasteiger partial charge in [0, 0.05) is 31.9 Å². The maximum atomic E-state index is 13.2. The number of carbonyl (C=O) groups is 1. The van der Waals surface area contributed by atoms with Crippen molar-refractivity contribution in [2.24, 2.45) is 0 Å². The summed E-state index contributed by atoms with van der Waals surface area (Å²) in [5, 5.41) is 7.03. The van der Waals surface area contributed by atoms with Crippen LogP contribution in [-0.4, -0.2) is 69.4 Å². The number of hydrogen-bond acceptors (Lipinski definition) is 8. The van der Waals surface area contributed by atoms with Crippen molar-refractivity contribution >= 4 is 17.6 Å². The Morgan fingerprint density at radius 2 is 1.71 bits per heavy atom. The Balaban J connectivity index is 1.62. The molecule has 1 N–H and O–H groups in total. The van der Waals surface area contributed by atoms with Gasteiger partial charge in [0.15, 0.2) is 0 Å². The molecule has 0 spiro atoms. The minimum Gasteiger partial charge on any atom is -0.497 e. The van der Waals surface area contributed by atoms with Crippen LogP contribution in [0.15, 0.2) is 65.2 Å². The lowest BCUT2D eigenvalue weighted by Gasteiger charge is -2.16. The summed E-state index contributed by atoms with van der Waals surface area (Å²) in [5.74, 6) is 1.52. The molecule has 198 valence electrons. The average molecular weight is 516 g/mol. The SMILES string of the molecule is COc1ccc(NC(=O)c2ccc(-c3ccc(-c4noc(N(C)C)n4)cc3C)cc2OCCN(C)C)cc1. The van der Waals surface area contributed by atoms with E-state index in [2.05, 4.69) is 15.5 Å². The number of nitrogens with one attached hydrogen (secondary N) is 1. The molecule has 0 aliphatic rings. The molecule has 0 atom stereocenters. The molecule has 0 unspecified atom stereocenters. The molecule has 0 fully saturated rings. The van der Waals surface area contributed by atoms with Gasteiger partial charge < -0.3 is 29.1 Å². The number of benzene rings is 3. The number of rotatable bonds is 10. The lowest BCUT2D eigenvalue weighted by atomic mass is 9.96. The van der Waals surface area contributed by atoms with E-state index in [0.29, 0.717) is 35.4 Å². The van der Waals surface area contributed by atoms with E-state index in [1.165, 1.54) is 0 Å². The van der Waals surface area contributed by atoms with E-state index >= 15 is 0 Å². The number of aromatic nitrogens is 2. The predicted molar refractivity (Wildman–Crippen MR) is 149 cm³/mol. The van der Waals surface area contributed by atoms with E-state index < -0.39 is 0 Å². The molecule has 1 aromatic heterocycles. The van der Waals surface area contributed by atoms with Gasteiger partial charge in [0.25, 0.3) is 5.91 Å². The summed E-state index contributed by atoms with van der Waals surface area (Å²) in [6, 6.07) is 19.3. The molecule has 9 nitrogen and oxygen atoms in total. The van der Waals surface area contributed by atoms with Gasteiger partial charge in [-0.2, -0.15) is 4.98 Å². The van der Waals surface area contributed by atoms with Crippen LogP contribution >= 0.6 is 0 Å². The van der Waals surface area contributed by atoms with Crippen molar-refractivity contribution < 1.29 is 18.8 Å². The molecule has 0 bridgehead atoms. The summed E-state index contributed by atoms with van der Waals surface area (Å²) in [5.41, 5.74) is 4.99. The molecule has 0 saturated carbocycles. The van der Waals surface area contributed by atoms with E-state index in [-0.39, 0.29) is 5.91 Å². The van der Waals surface area contributed by atoms with Gasteiger partial charge in [-0.25, -0.2) is 0 Å². The van der Waals surface area contributed by atoms with Crippen LogP contribution < -0.4 is 19.7 Å². The lowest BCUT2D eigenvalue weighted by molar-refractivity contribution is 0.102. The van der Waals surface area contributed by atoms with Gasteiger partial charge in [-0.1, -0.05) is 23.4 Å². The van der Waals surface area contributed by atoms with Crippen molar-refractivity contribution in [3.05, 3.63) is 71.8 Å². The number of likely N-dealkylation sites (N-methyl/N-ethyl adjacent to an activating group) is 1. The molecule has 0 radical (unpaired) electrons. The normalized spacial score (nSPS) is 10.9. The van der Waals surface area contributed by atoms with Gasteiger partial charge in [0.1, 0.15) is 18.1 Å². The molecule has 0 aliphatic heterocycles. The van der Waals surface area contributed by atoms with E-state index in [1.807, 2.05) is 70.3 Å². The molecule has 1 amide bonds. The first-order valence-corrected chi connectivity index (χ1v) is 12.2. The number of hydrogen-bond donors (Lipinski definition) is 1. The molecular formula is C29H33N5O4. The van der Waals surface area contributed by atoms with Crippen molar-refractivity contribution in [3.63, 3.8) is 0 Å². The van der Waals surface area contributed by atoms with Gasteiger partial charge in [0.05, 0.1) is 12.7 Å². The zero-order valence-electron chi connectivity index (χ0n) is 22.6. The minimum absolute atomic E-state index is 0.248. The fourth-order valence-electron chi connectivity index (χ4n) is 3.85. The van der Waals surface area contributed by atoms with Crippen molar-refractivity contribution in [1.29, 1.82) is 0 Å². The Labute approximate surface area is 223 Å². The Hall–Kier alpha value is -4.37. The Morgan fingerprint density at radius 3 is 2.34 bits per heavy atom. The number of nitrogens with zero attached hydrogens (tertiary/aromatic N) is 4. The van der Waals surface area contributed by atoms with Crippen LogP contribution in [0.3, 0.4) is 0 Å². The van der Waals surface area contributed by atoms with Crippen molar-refractivity contribution in [2.45, 2.75) is 6.92 Å². The molecule has 4 rings (SSSR count). The van der Waals surface area contributed by atoms with E-state index in [9.17, 15) is 4.79 Å². The van der Waals surface area contributed by atoms with Gasteiger partial charge in [-0.15, -0.1) is 0 Å². The molecule has 3 aromatic carbocycles. The second-order valence-corrected chi connectivity index (χ2v) is 9.37. The van der Waals surface area contributed by atoms with Crippen LogP contribution in [0, 0.1) is 6.92 Å². The quantitative estimate of drug-likeness (QED) is 0.316. The molecular weight excluding hydrogens is 482 g/mol. The first kappa shape index (κ1) is 26.7. The zero-order chi connectivity index (χ0) is 27.2. The topological polar surface area (TPSA) is 93.0 Å². The summed E-state index contributed by atoms with van der Waals surface area (Å²) >= 11 is 0. The number of ether oxygens (including phenoxy) is 2. The van der Waals surface area contributed by atoms with E-state index in [4.69, 9.17) is 14.0 Å². The fourth-order valence-corrected chi connectivity index (χ4v) is 3.85. The van der Waals surface area contributed by atoms with Gasteiger partial charge in [0.2, 0.25) is 5.82 Å². The number of methoxy groups -OCH3 is 1. The van der Waals surface area contributed by atoms with Crippen molar-refractivity contribution in [3.8, 4) is 34.0 Å². The lowest BCUT2D eigenvalue weighted by Crippen LogP contribution is -2.21. The highest BCUT2D eigenvalue weighted by atomic mass is 16.5. The predicted octanol–water partition coefficient (Wildman–Crippen LogP) is 4.98. The summed E-state index contributed by atoms with van der Waals surface area (Å²) in [6.07, 6.45) is 0. The van der Waals surface area contributed by atoms with E-state index in [1.54, 1.807) is 42.3 Å². The third-order valence-corrected chi connectivity index (χ3v) is 5.96. The van der Waals surface area contributed by atoms with Gasteiger partial charge in [-0.3, -0.25) is 4.79 Å². The summed E-state index contributed by atoms with van der Waals surface area (Å²) < 4.78 is 16.6. The summed E-state index contributed by atoms with van der Waals surface area (Å²) in [4.78, 5) is 21.4. The molecule has 0 saturated heterocycles. The standard InChI is InChI=1S/C29H33N5O4/c1-19-17-21(27-31-29(34(4)5)38-32-27)8-13-24(19)20-7-14-25(26(18-20)37-16-15-33(2)3)28(35)30-22-9-11-23(36-6)12-10-22/h7-14,17-18H,15-16H2,1-6H3,(H,30,35). The van der Waals surface area contributed by atoms with Gasteiger partial charge >= 0.3 is 6.01 Å². The number of aryl methyl sites for hydroxylation is 1. The van der Waals surface area contributed by atoms with Crippen LogP contribution in [0.1, 0.15) is 15.9 Å². The maximum absolute atomic E-state index is 13.2. The molecule has 9 heteroatoms. The summed E-state index contributed by atoms with van der Waals surface area (Å²) in [7, 11) is 9.27. The van der Waals surface area contributed by atoms with Crippen LogP contribution in [0.25, 0.3) is 22.5 Å². The largest absolute Gasteiger partial charge is 0.497 e. The zero-order valence-corrected chi connectivity index (χ0v) is 22.6. The molecule has 4 aromatic rings. The fraction of sp³-hybridized carbons (Fsp3) is 0.276. The van der Waals surface area contributed by atoms with E-state index in [0.717, 1.165) is 34.5 Å². The van der Waals surface area contributed by atoms with Crippen LogP contribution in [0.5, 0.6) is 11.5 Å². The molecule has 1 heterocycles. The Kier molecular flexibility index (Phi) is 8.28. The first-order chi connectivity index (χ1) is 18.2. The molecule has 38 heavy (non-hydrogen) atoms. The number of anilines is 2. The third kappa shape index (κ3) is 6.30. The van der Waals surface area contributed by atoms with Crippen LogP contribution in [-0.2, 0) is 0 Å². The van der Waals surface area contributed by atoms with Crippen LogP contribution in [0.2, 0.25) is 0 Å². The Bertz CT molecular complexity index is 1400. The summed E-state index contributed by atoms with van der Waals surface area (Å²) in [6.45, 7) is 3.20. The monoisotopic (exact) mass is 515 g/mol. The second-order valence-electron chi connectivity index (χ2n) is 9.37. The third-order valence-electron chi connectivity index (χ3n) is 5.96. The Morgan fingerprint density at radius 1 is 0.974 bits per heavy atom. The second kappa shape index (κ2) is 11.8. The van der Waals surface area contributed by atoms with Gasteiger partial charge in [-0.05, 0) is 80.2 Å². The smallest absolute Gasteiger partial charge is 0.323 e. The molecule has 0 aliphatic carbocycles. The van der Waals surface area contributed by atoms with Crippen LogP contribution in [0.4, 0.5) is 11.7 Å². The number of amides is 1. The minimum atomic E-state index is -0.248. The highest BCUT2D eigenvalue weighted by Gasteiger charge is 2.17. The van der Waals surface area contributed by atoms with Crippen molar-refractivity contribution in [2.75, 3.05) is 58.7 Å². The average Bonchev–Trinajstić information content (AvgIpc) is 3.40.